The van der Waals surface area contributed by atoms with Crippen molar-refractivity contribution in [1.82, 2.24) is 5.32 Å². The number of carbonyl (C=O) groups is 1. The van der Waals surface area contributed by atoms with Gasteiger partial charge in [0.15, 0.2) is 0 Å². The third-order valence-corrected chi connectivity index (χ3v) is 8.67. The number of hydrogen-bond acceptors (Lipinski definition) is 3. The molecular weight excluding hydrogens is 308 g/mol. The van der Waals surface area contributed by atoms with E-state index in [0.717, 1.165) is 24.5 Å². The number of carbonyl (C=O) groups excluding carboxylic acids is 1. The van der Waals surface area contributed by atoms with Gasteiger partial charge in [0.05, 0.1) is 6.04 Å². The second-order valence-electron chi connectivity index (χ2n) is 9.69. The first-order valence-corrected chi connectivity index (χ1v) is 10.6. The summed E-state index contributed by atoms with van der Waals surface area (Å²) < 4.78 is 0. The molecule has 0 amide bonds. The van der Waals surface area contributed by atoms with Crippen molar-refractivity contribution in [3.8, 4) is 0 Å². The van der Waals surface area contributed by atoms with E-state index in [-0.39, 0.29) is 11.5 Å². The SMILES string of the molecule is C=C1CC[C@@H]2[C@H]([C@@H]3C[C@@H](C)C[C@H]13)[C@@]2([C@H]1CCC[C@H](NC)C1)[C@H](N)C=O. The van der Waals surface area contributed by atoms with Crippen LogP contribution < -0.4 is 11.1 Å². The topological polar surface area (TPSA) is 55.1 Å². The standard InChI is InChI=1S/C22H36N2O/c1-13-9-17-14(2)7-8-19-21(18(17)10-13)22(19,20(23)12-25)15-5-4-6-16(11-15)24-3/h12-13,15-21,24H,2,4-11,23H2,1,3H3/t13-,15-,16-,17+,18+,19+,20+,21-,22+/m0/s1. The lowest BCUT2D eigenvalue weighted by Gasteiger charge is -2.39. The lowest BCUT2D eigenvalue weighted by atomic mass is 9.68. The van der Waals surface area contributed by atoms with Gasteiger partial charge in [-0.3, -0.25) is 0 Å². The molecule has 0 heterocycles. The van der Waals surface area contributed by atoms with Gasteiger partial charge in [0.1, 0.15) is 6.29 Å². The van der Waals surface area contributed by atoms with Gasteiger partial charge in [-0.25, -0.2) is 0 Å². The molecule has 0 aromatic rings. The average Bonchev–Trinajstić information content (AvgIpc) is 3.19. The first-order chi connectivity index (χ1) is 12.0. The van der Waals surface area contributed by atoms with E-state index >= 15 is 0 Å². The zero-order chi connectivity index (χ0) is 17.8. The Bertz CT molecular complexity index is 546. The van der Waals surface area contributed by atoms with Crippen LogP contribution in [0, 0.1) is 40.9 Å². The molecule has 4 rings (SSSR count). The van der Waals surface area contributed by atoms with Crippen molar-refractivity contribution >= 4 is 6.29 Å². The summed E-state index contributed by atoms with van der Waals surface area (Å²) in [4.78, 5) is 11.9. The van der Waals surface area contributed by atoms with Gasteiger partial charge in [0.25, 0.3) is 0 Å². The molecule has 140 valence electrons. The molecule has 0 bridgehead atoms. The largest absolute Gasteiger partial charge is 0.321 e. The van der Waals surface area contributed by atoms with Crippen molar-refractivity contribution < 1.29 is 4.79 Å². The minimum absolute atomic E-state index is 0.0882. The third-order valence-electron chi connectivity index (χ3n) is 8.67. The van der Waals surface area contributed by atoms with Crippen LogP contribution in [0.1, 0.15) is 58.3 Å². The van der Waals surface area contributed by atoms with E-state index in [9.17, 15) is 4.79 Å². The molecule has 3 nitrogen and oxygen atoms in total. The second kappa shape index (κ2) is 6.49. The summed E-state index contributed by atoms with van der Waals surface area (Å²) in [5.41, 5.74) is 8.16. The van der Waals surface area contributed by atoms with Gasteiger partial charge >= 0.3 is 0 Å². The summed E-state index contributed by atoms with van der Waals surface area (Å²) in [6.45, 7) is 6.85. The van der Waals surface area contributed by atoms with Crippen LogP contribution in [0.15, 0.2) is 12.2 Å². The minimum Gasteiger partial charge on any atom is -0.321 e. The van der Waals surface area contributed by atoms with E-state index in [1.165, 1.54) is 50.5 Å². The molecule has 3 heteroatoms. The van der Waals surface area contributed by atoms with Crippen LogP contribution in [0.4, 0.5) is 0 Å². The van der Waals surface area contributed by atoms with Crippen LogP contribution in [0.25, 0.3) is 0 Å². The van der Waals surface area contributed by atoms with Crippen molar-refractivity contribution in [3.63, 3.8) is 0 Å². The smallest absolute Gasteiger partial charge is 0.137 e. The lowest BCUT2D eigenvalue weighted by molar-refractivity contribution is -0.111. The third kappa shape index (κ3) is 2.56. The molecular formula is C22H36N2O. The summed E-state index contributed by atoms with van der Waals surface area (Å²) in [6.07, 6.45) is 11.1. The van der Waals surface area contributed by atoms with Gasteiger partial charge in [0, 0.05) is 11.5 Å². The van der Waals surface area contributed by atoms with Gasteiger partial charge in [0.2, 0.25) is 0 Å². The monoisotopic (exact) mass is 344 g/mol. The molecule has 4 aliphatic rings. The Balaban J connectivity index is 1.67. The Morgan fingerprint density at radius 2 is 2.08 bits per heavy atom. The summed E-state index contributed by atoms with van der Waals surface area (Å²) in [5, 5.41) is 3.50. The molecule has 25 heavy (non-hydrogen) atoms. The highest BCUT2D eigenvalue weighted by atomic mass is 16.1. The molecule has 3 N–H and O–H groups in total. The second-order valence-corrected chi connectivity index (χ2v) is 9.69. The van der Waals surface area contributed by atoms with Gasteiger partial charge in [-0.2, -0.15) is 0 Å². The Morgan fingerprint density at radius 3 is 2.80 bits per heavy atom. The van der Waals surface area contributed by atoms with Crippen molar-refractivity contribution in [2.75, 3.05) is 7.05 Å². The van der Waals surface area contributed by atoms with E-state index in [1.807, 2.05) is 0 Å². The van der Waals surface area contributed by atoms with Crippen LogP contribution in [-0.4, -0.2) is 25.4 Å². The predicted octanol–water partition coefficient (Wildman–Crippen LogP) is 3.54. The fraction of sp³-hybridized carbons (Fsp3) is 0.864. The molecule has 0 aromatic carbocycles. The Kier molecular flexibility index (Phi) is 4.60. The highest BCUT2D eigenvalue weighted by Crippen LogP contribution is 2.75. The first-order valence-electron chi connectivity index (χ1n) is 10.6. The van der Waals surface area contributed by atoms with Crippen LogP contribution in [0.3, 0.4) is 0 Å². The van der Waals surface area contributed by atoms with Crippen molar-refractivity contribution in [1.29, 1.82) is 0 Å². The Hall–Kier alpha value is -0.670. The average molecular weight is 345 g/mol. The maximum absolute atomic E-state index is 11.9. The van der Waals surface area contributed by atoms with Crippen LogP contribution >= 0.6 is 0 Å². The highest BCUT2D eigenvalue weighted by Gasteiger charge is 2.73. The molecule has 0 radical (unpaired) electrons. The maximum atomic E-state index is 11.9. The van der Waals surface area contributed by atoms with Crippen molar-refractivity contribution in [2.24, 2.45) is 46.7 Å². The molecule has 0 saturated heterocycles. The van der Waals surface area contributed by atoms with E-state index in [0.29, 0.717) is 29.7 Å². The minimum atomic E-state index is -0.272. The molecule has 0 spiro atoms. The van der Waals surface area contributed by atoms with E-state index < -0.39 is 0 Å². The number of rotatable bonds is 4. The number of fused-ring (bicyclic) bond motifs is 3. The summed E-state index contributed by atoms with van der Waals surface area (Å²) in [5.74, 6) is 4.17. The van der Waals surface area contributed by atoms with E-state index in [1.54, 1.807) is 0 Å². The van der Waals surface area contributed by atoms with E-state index in [4.69, 9.17) is 5.73 Å². The summed E-state index contributed by atoms with van der Waals surface area (Å²) in [6, 6.07) is 0.332. The molecule has 0 aromatic heterocycles. The number of aldehydes is 1. The quantitative estimate of drug-likeness (QED) is 0.606. The number of allylic oxidation sites excluding steroid dienone is 1. The van der Waals surface area contributed by atoms with Gasteiger partial charge in [-0.15, -0.1) is 0 Å². The first kappa shape index (κ1) is 17.7. The highest BCUT2D eigenvalue weighted by molar-refractivity contribution is 5.61. The number of hydrogen-bond donors (Lipinski definition) is 2. The lowest BCUT2D eigenvalue weighted by Crippen LogP contribution is -2.46. The molecule has 0 unspecified atom stereocenters. The Morgan fingerprint density at radius 1 is 1.28 bits per heavy atom. The van der Waals surface area contributed by atoms with E-state index in [2.05, 4.69) is 25.9 Å². The molecule has 4 fully saturated rings. The number of nitrogens with two attached hydrogens (primary N) is 1. The Labute approximate surface area is 153 Å². The summed E-state index contributed by atoms with van der Waals surface area (Å²) in [7, 11) is 2.09. The number of nitrogens with one attached hydrogen (secondary N) is 1. The van der Waals surface area contributed by atoms with Gasteiger partial charge in [-0.05, 0) is 87.5 Å². The van der Waals surface area contributed by atoms with Crippen LogP contribution in [0.5, 0.6) is 0 Å². The van der Waals surface area contributed by atoms with Gasteiger partial charge in [-0.1, -0.05) is 25.5 Å². The molecule has 9 atom stereocenters. The maximum Gasteiger partial charge on any atom is 0.137 e. The van der Waals surface area contributed by atoms with Crippen LogP contribution in [-0.2, 0) is 4.79 Å². The van der Waals surface area contributed by atoms with Crippen molar-refractivity contribution in [3.05, 3.63) is 12.2 Å². The predicted molar refractivity (Wildman–Crippen MR) is 102 cm³/mol. The zero-order valence-electron chi connectivity index (χ0n) is 16.0. The van der Waals surface area contributed by atoms with Crippen molar-refractivity contribution in [2.45, 2.75) is 70.4 Å². The summed E-state index contributed by atoms with van der Waals surface area (Å²) >= 11 is 0. The normalized spacial score (nSPS) is 50.5. The fourth-order valence-corrected chi connectivity index (χ4v) is 7.70. The zero-order valence-corrected chi connectivity index (χ0v) is 16.0. The molecule has 4 aliphatic carbocycles. The van der Waals surface area contributed by atoms with Gasteiger partial charge < -0.3 is 15.8 Å². The van der Waals surface area contributed by atoms with Crippen LogP contribution in [0.2, 0.25) is 0 Å². The fourth-order valence-electron chi connectivity index (χ4n) is 7.70. The molecule has 4 saturated carbocycles. The molecule has 0 aliphatic heterocycles.